The summed E-state index contributed by atoms with van der Waals surface area (Å²) in [7, 11) is 2.19. The van der Waals surface area contributed by atoms with E-state index in [1.165, 1.54) is 16.7 Å². The Labute approximate surface area is 186 Å². The zero-order valence-corrected chi connectivity index (χ0v) is 19.6. The Morgan fingerprint density at radius 3 is 2.65 bits per heavy atom. The van der Waals surface area contributed by atoms with Crippen LogP contribution < -0.4 is 5.32 Å². The third-order valence-corrected chi connectivity index (χ3v) is 6.35. The predicted octanol–water partition coefficient (Wildman–Crippen LogP) is 2.93. The molecule has 0 bridgehead atoms. The molecule has 0 aromatic heterocycles. The van der Waals surface area contributed by atoms with Gasteiger partial charge in [0.05, 0.1) is 19.2 Å². The van der Waals surface area contributed by atoms with Crippen molar-refractivity contribution in [3.05, 3.63) is 28.8 Å². The second-order valence-electron chi connectivity index (χ2n) is 10.2. The van der Waals surface area contributed by atoms with Crippen molar-refractivity contribution in [2.24, 2.45) is 0 Å². The Kier molecular flexibility index (Phi) is 6.74. The summed E-state index contributed by atoms with van der Waals surface area (Å²) in [6.45, 7) is 14.0. The lowest BCUT2D eigenvalue weighted by Crippen LogP contribution is -2.44. The molecule has 1 amide bonds. The normalized spacial score (nSPS) is 23.0. The summed E-state index contributed by atoms with van der Waals surface area (Å²) >= 11 is 0. The number of amides is 1. The molecule has 1 N–H and O–H groups in total. The SMILES string of the molecule is CN1CCN(Cc2cc3c(c(N[C@H]4CCOC4)c2)CN(C(=O)OC(C)(C)C)CC3)CC1. The van der Waals surface area contributed by atoms with Gasteiger partial charge in [-0.25, -0.2) is 4.79 Å². The maximum absolute atomic E-state index is 12.7. The van der Waals surface area contributed by atoms with Crippen molar-refractivity contribution in [3.8, 4) is 0 Å². The maximum Gasteiger partial charge on any atom is 0.410 e. The molecular formula is C24H38N4O3. The van der Waals surface area contributed by atoms with Gasteiger partial charge >= 0.3 is 6.09 Å². The molecule has 4 rings (SSSR count). The molecule has 2 saturated heterocycles. The monoisotopic (exact) mass is 430 g/mol. The Balaban J connectivity index is 1.54. The summed E-state index contributed by atoms with van der Waals surface area (Å²) in [5.74, 6) is 0. The topological polar surface area (TPSA) is 57.3 Å². The quantitative estimate of drug-likeness (QED) is 0.793. The van der Waals surface area contributed by atoms with Crippen molar-refractivity contribution in [3.63, 3.8) is 0 Å². The number of rotatable bonds is 4. The number of likely N-dealkylation sites (N-methyl/N-ethyl adjacent to an activating group) is 1. The van der Waals surface area contributed by atoms with E-state index in [1.54, 1.807) is 0 Å². The largest absolute Gasteiger partial charge is 0.444 e. The standard InChI is InChI=1S/C24H38N4O3/c1-24(2,3)31-23(29)28-7-5-19-13-18(15-27-10-8-26(4)9-11-27)14-22(21(19)16-28)25-20-6-12-30-17-20/h13-14,20,25H,5-12,15-17H2,1-4H3/t20-/m0/s1. The van der Waals surface area contributed by atoms with Crippen LogP contribution in [0.25, 0.3) is 0 Å². The van der Waals surface area contributed by atoms with Gasteiger partial charge in [0, 0.05) is 51.6 Å². The smallest absolute Gasteiger partial charge is 0.410 e. The van der Waals surface area contributed by atoms with E-state index in [4.69, 9.17) is 9.47 Å². The highest BCUT2D eigenvalue weighted by molar-refractivity contribution is 5.70. The van der Waals surface area contributed by atoms with Gasteiger partial charge < -0.3 is 24.6 Å². The number of carbonyl (C=O) groups is 1. The lowest BCUT2D eigenvalue weighted by Gasteiger charge is -2.34. The molecule has 3 aliphatic rings. The highest BCUT2D eigenvalue weighted by atomic mass is 16.6. The van der Waals surface area contributed by atoms with Gasteiger partial charge in [-0.1, -0.05) is 6.07 Å². The molecule has 1 aromatic rings. The second-order valence-corrected chi connectivity index (χ2v) is 10.2. The van der Waals surface area contributed by atoms with Crippen LogP contribution in [0.4, 0.5) is 10.5 Å². The average molecular weight is 431 g/mol. The van der Waals surface area contributed by atoms with Gasteiger partial charge in [0.2, 0.25) is 0 Å². The molecule has 7 heteroatoms. The number of piperazine rings is 1. The van der Waals surface area contributed by atoms with Gasteiger partial charge in [-0.05, 0) is 63.4 Å². The van der Waals surface area contributed by atoms with Crippen LogP contribution in [0.5, 0.6) is 0 Å². The van der Waals surface area contributed by atoms with E-state index >= 15 is 0 Å². The molecule has 1 atom stereocenters. The average Bonchev–Trinajstić information content (AvgIpc) is 3.21. The number of fused-ring (bicyclic) bond motifs is 1. The summed E-state index contributed by atoms with van der Waals surface area (Å²) in [5.41, 5.74) is 4.62. The van der Waals surface area contributed by atoms with Gasteiger partial charge in [0.1, 0.15) is 5.60 Å². The summed E-state index contributed by atoms with van der Waals surface area (Å²) in [6, 6.07) is 4.99. The van der Waals surface area contributed by atoms with Gasteiger partial charge in [0.15, 0.2) is 0 Å². The van der Waals surface area contributed by atoms with E-state index in [0.29, 0.717) is 19.1 Å². The third-order valence-electron chi connectivity index (χ3n) is 6.35. The van der Waals surface area contributed by atoms with E-state index in [2.05, 4.69) is 34.3 Å². The van der Waals surface area contributed by atoms with E-state index in [9.17, 15) is 4.79 Å². The molecule has 7 nitrogen and oxygen atoms in total. The molecule has 0 spiro atoms. The fourth-order valence-electron chi connectivity index (χ4n) is 4.57. The summed E-state index contributed by atoms with van der Waals surface area (Å²) in [6.07, 6.45) is 1.66. The third kappa shape index (κ3) is 5.90. The Bertz CT molecular complexity index is 778. The highest BCUT2D eigenvalue weighted by Gasteiger charge is 2.28. The Morgan fingerprint density at radius 2 is 1.97 bits per heavy atom. The zero-order valence-electron chi connectivity index (χ0n) is 19.6. The number of ether oxygens (including phenoxy) is 2. The summed E-state index contributed by atoms with van der Waals surface area (Å²) in [4.78, 5) is 19.5. The van der Waals surface area contributed by atoms with Crippen LogP contribution in [0, 0.1) is 0 Å². The molecule has 3 aliphatic heterocycles. The van der Waals surface area contributed by atoms with Crippen LogP contribution in [0.3, 0.4) is 0 Å². The lowest BCUT2D eigenvalue weighted by molar-refractivity contribution is 0.0224. The first-order chi connectivity index (χ1) is 14.8. The highest BCUT2D eigenvalue weighted by Crippen LogP contribution is 2.31. The lowest BCUT2D eigenvalue weighted by atomic mass is 9.94. The molecule has 172 valence electrons. The van der Waals surface area contributed by atoms with E-state index in [0.717, 1.165) is 64.5 Å². The fourth-order valence-corrected chi connectivity index (χ4v) is 4.57. The minimum absolute atomic E-state index is 0.227. The predicted molar refractivity (Wildman–Crippen MR) is 122 cm³/mol. The number of hydrogen-bond acceptors (Lipinski definition) is 6. The first kappa shape index (κ1) is 22.4. The molecular weight excluding hydrogens is 392 g/mol. The molecule has 1 aromatic carbocycles. The number of carbonyl (C=O) groups excluding carboxylic acids is 1. The number of anilines is 1. The zero-order chi connectivity index (χ0) is 22.0. The molecule has 0 aliphatic carbocycles. The van der Waals surface area contributed by atoms with Gasteiger partial charge in [-0.2, -0.15) is 0 Å². The number of nitrogens with one attached hydrogen (secondary N) is 1. The van der Waals surface area contributed by atoms with Crippen molar-refractivity contribution in [1.82, 2.24) is 14.7 Å². The van der Waals surface area contributed by atoms with Crippen molar-refractivity contribution < 1.29 is 14.3 Å². The number of benzene rings is 1. The van der Waals surface area contributed by atoms with E-state index < -0.39 is 5.60 Å². The first-order valence-corrected chi connectivity index (χ1v) is 11.6. The number of hydrogen-bond donors (Lipinski definition) is 1. The minimum atomic E-state index is -0.480. The van der Waals surface area contributed by atoms with Gasteiger partial charge in [-0.15, -0.1) is 0 Å². The van der Waals surface area contributed by atoms with E-state index in [-0.39, 0.29) is 6.09 Å². The Morgan fingerprint density at radius 1 is 1.19 bits per heavy atom. The number of nitrogens with zero attached hydrogens (tertiary/aromatic N) is 3. The van der Waals surface area contributed by atoms with Crippen LogP contribution in [0.1, 0.15) is 43.9 Å². The summed E-state index contributed by atoms with van der Waals surface area (Å²) in [5, 5.41) is 3.73. The first-order valence-electron chi connectivity index (χ1n) is 11.6. The second kappa shape index (κ2) is 9.35. The van der Waals surface area contributed by atoms with Crippen LogP contribution in [0.2, 0.25) is 0 Å². The van der Waals surface area contributed by atoms with Crippen molar-refractivity contribution in [1.29, 1.82) is 0 Å². The molecule has 0 radical (unpaired) electrons. The van der Waals surface area contributed by atoms with Crippen LogP contribution in [-0.4, -0.2) is 85.4 Å². The van der Waals surface area contributed by atoms with Crippen molar-refractivity contribution >= 4 is 11.8 Å². The molecule has 2 fully saturated rings. The van der Waals surface area contributed by atoms with Crippen LogP contribution in [0.15, 0.2) is 12.1 Å². The van der Waals surface area contributed by atoms with Crippen molar-refractivity contribution in [2.45, 2.75) is 58.3 Å². The van der Waals surface area contributed by atoms with Crippen LogP contribution in [-0.2, 0) is 29.0 Å². The fraction of sp³-hybridized carbons (Fsp3) is 0.708. The summed E-state index contributed by atoms with van der Waals surface area (Å²) < 4.78 is 11.2. The maximum atomic E-state index is 12.7. The Hall–Kier alpha value is -1.83. The van der Waals surface area contributed by atoms with E-state index in [1.807, 2.05) is 25.7 Å². The van der Waals surface area contributed by atoms with Crippen LogP contribution >= 0.6 is 0 Å². The van der Waals surface area contributed by atoms with Gasteiger partial charge in [0.25, 0.3) is 0 Å². The molecule has 31 heavy (non-hydrogen) atoms. The molecule has 0 saturated carbocycles. The minimum Gasteiger partial charge on any atom is -0.444 e. The molecule has 3 heterocycles. The molecule has 0 unspecified atom stereocenters. The van der Waals surface area contributed by atoms with Gasteiger partial charge in [-0.3, -0.25) is 4.90 Å². The van der Waals surface area contributed by atoms with Crippen molar-refractivity contribution in [2.75, 3.05) is 58.3 Å².